The van der Waals surface area contributed by atoms with Crippen LogP contribution in [-0.4, -0.2) is 5.78 Å². The Labute approximate surface area is 156 Å². The Morgan fingerprint density at radius 2 is 1.76 bits per heavy atom. The molecule has 0 fully saturated rings. The molecule has 0 N–H and O–H groups in total. The van der Waals surface area contributed by atoms with E-state index in [4.69, 9.17) is 27.6 Å². The number of hydrogen-bond acceptors (Lipinski definition) is 2. The van der Waals surface area contributed by atoms with E-state index in [1.807, 2.05) is 42.5 Å². The zero-order chi connectivity index (χ0) is 17.8. The Hall–Kier alpha value is -2.29. The van der Waals surface area contributed by atoms with Crippen LogP contribution in [0.2, 0.25) is 10.0 Å². The standard InChI is InChI=1S/C21H16Cl2O2/c1-2-14-3-5-15(6-4-14)20(24)11-8-17-9-12-21(25-17)16-7-10-18(22)19(23)13-16/h3-13H,2H2,1H3/b11-8+. The van der Waals surface area contributed by atoms with Gasteiger partial charge in [0.15, 0.2) is 5.78 Å². The summed E-state index contributed by atoms with van der Waals surface area (Å²) >= 11 is 12.0. The first-order chi connectivity index (χ1) is 12.1. The summed E-state index contributed by atoms with van der Waals surface area (Å²) in [5.74, 6) is 1.20. The maximum absolute atomic E-state index is 12.2. The van der Waals surface area contributed by atoms with Gasteiger partial charge in [-0.3, -0.25) is 4.79 Å². The zero-order valence-electron chi connectivity index (χ0n) is 13.6. The van der Waals surface area contributed by atoms with Gasteiger partial charge in [0, 0.05) is 11.1 Å². The molecule has 2 aromatic carbocycles. The van der Waals surface area contributed by atoms with Gasteiger partial charge in [0.25, 0.3) is 0 Å². The van der Waals surface area contributed by atoms with Gasteiger partial charge in [-0.05, 0) is 54.5 Å². The molecule has 0 amide bonds. The van der Waals surface area contributed by atoms with E-state index in [1.165, 1.54) is 11.6 Å². The van der Waals surface area contributed by atoms with Crippen molar-refractivity contribution in [3.8, 4) is 11.3 Å². The van der Waals surface area contributed by atoms with Crippen LogP contribution < -0.4 is 0 Å². The lowest BCUT2D eigenvalue weighted by Gasteiger charge is -2.00. The lowest BCUT2D eigenvalue weighted by Crippen LogP contribution is -1.94. The van der Waals surface area contributed by atoms with E-state index in [-0.39, 0.29) is 5.78 Å². The second-order valence-electron chi connectivity index (χ2n) is 5.58. The van der Waals surface area contributed by atoms with Crippen molar-refractivity contribution < 1.29 is 9.21 Å². The van der Waals surface area contributed by atoms with Gasteiger partial charge in [0.1, 0.15) is 11.5 Å². The smallest absolute Gasteiger partial charge is 0.185 e. The molecule has 25 heavy (non-hydrogen) atoms. The van der Waals surface area contributed by atoms with E-state index in [0.29, 0.717) is 27.1 Å². The van der Waals surface area contributed by atoms with Gasteiger partial charge < -0.3 is 4.42 Å². The highest BCUT2D eigenvalue weighted by atomic mass is 35.5. The Bertz CT molecular complexity index is 921. The summed E-state index contributed by atoms with van der Waals surface area (Å²) < 4.78 is 5.75. The SMILES string of the molecule is CCc1ccc(C(=O)/C=C/c2ccc(-c3ccc(Cl)c(Cl)c3)o2)cc1. The van der Waals surface area contributed by atoms with Crippen LogP contribution >= 0.6 is 23.2 Å². The Morgan fingerprint density at radius 3 is 2.44 bits per heavy atom. The summed E-state index contributed by atoms with van der Waals surface area (Å²) in [6, 6.07) is 16.6. The molecular weight excluding hydrogens is 355 g/mol. The van der Waals surface area contributed by atoms with Gasteiger partial charge in [0.05, 0.1) is 10.0 Å². The number of ketones is 1. The van der Waals surface area contributed by atoms with E-state index in [0.717, 1.165) is 12.0 Å². The molecular formula is C21H16Cl2O2. The Balaban J connectivity index is 1.74. The fourth-order valence-corrected chi connectivity index (χ4v) is 2.70. The summed E-state index contributed by atoms with van der Waals surface area (Å²) in [6.45, 7) is 2.08. The van der Waals surface area contributed by atoms with Gasteiger partial charge in [-0.1, -0.05) is 54.4 Å². The molecule has 3 rings (SSSR count). The van der Waals surface area contributed by atoms with Gasteiger partial charge in [-0.15, -0.1) is 0 Å². The summed E-state index contributed by atoms with van der Waals surface area (Å²) in [5, 5.41) is 0.968. The normalized spacial score (nSPS) is 11.2. The second-order valence-corrected chi connectivity index (χ2v) is 6.39. The largest absolute Gasteiger partial charge is 0.457 e. The van der Waals surface area contributed by atoms with Crippen molar-refractivity contribution in [1.82, 2.24) is 0 Å². The van der Waals surface area contributed by atoms with Gasteiger partial charge >= 0.3 is 0 Å². The molecule has 0 aliphatic heterocycles. The summed E-state index contributed by atoms with van der Waals surface area (Å²) in [4.78, 5) is 12.2. The van der Waals surface area contributed by atoms with Crippen molar-refractivity contribution in [2.24, 2.45) is 0 Å². The molecule has 4 heteroatoms. The highest BCUT2D eigenvalue weighted by Crippen LogP contribution is 2.29. The number of carbonyl (C=O) groups excluding carboxylic acids is 1. The summed E-state index contributed by atoms with van der Waals surface area (Å²) in [7, 11) is 0. The molecule has 0 aliphatic rings. The van der Waals surface area contributed by atoms with Crippen molar-refractivity contribution in [3.63, 3.8) is 0 Å². The zero-order valence-corrected chi connectivity index (χ0v) is 15.1. The Morgan fingerprint density at radius 1 is 1.00 bits per heavy atom. The number of benzene rings is 2. The van der Waals surface area contributed by atoms with Crippen molar-refractivity contribution in [2.75, 3.05) is 0 Å². The van der Waals surface area contributed by atoms with Crippen molar-refractivity contribution in [3.05, 3.63) is 87.6 Å². The van der Waals surface area contributed by atoms with Gasteiger partial charge in [-0.25, -0.2) is 0 Å². The molecule has 0 spiro atoms. The molecule has 0 atom stereocenters. The van der Waals surface area contributed by atoms with Crippen LogP contribution in [0.4, 0.5) is 0 Å². The minimum Gasteiger partial charge on any atom is -0.457 e. The van der Waals surface area contributed by atoms with Crippen LogP contribution in [0.3, 0.4) is 0 Å². The molecule has 0 aliphatic carbocycles. The first-order valence-electron chi connectivity index (χ1n) is 7.93. The first-order valence-corrected chi connectivity index (χ1v) is 8.69. The third-order valence-electron chi connectivity index (χ3n) is 3.88. The monoisotopic (exact) mass is 370 g/mol. The van der Waals surface area contributed by atoms with Crippen LogP contribution in [0.5, 0.6) is 0 Å². The fourth-order valence-electron chi connectivity index (χ4n) is 2.41. The molecule has 3 aromatic rings. The molecule has 1 heterocycles. The average molecular weight is 371 g/mol. The lowest BCUT2D eigenvalue weighted by atomic mass is 10.1. The molecule has 0 saturated heterocycles. The number of aryl methyl sites for hydroxylation is 1. The number of carbonyl (C=O) groups is 1. The minimum absolute atomic E-state index is 0.0601. The predicted octanol–water partition coefficient (Wildman–Crippen LogP) is 6.71. The van der Waals surface area contributed by atoms with Crippen LogP contribution in [0.1, 0.15) is 28.6 Å². The van der Waals surface area contributed by atoms with E-state index >= 15 is 0 Å². The predicted molar refractivity (Wildman–Crippen MR) is 103 cm³/mol. The number of halogens is 2. The van der Waals surface area contributed by atoms with Gasteiger partial charge in [-0.2, -0.15) is 0 Å². The van der Waals surface area contributed by atoms with E-state index in [2.05, 4.69) is 6.92 Å². The maximum Gasteiger partial charge on any atom is 0.185 e. The van der Waals surface area contributed by atoms with E-state index < -0.39 is 0 Å². The van der Waals surface area contributed by atoms with Crippen molar-refractivity contribution in [2.45, 2.75) is 13.3 Å². The average Bonchev–Trinajstić information content (AvgIpc) is 3.11. The van der Waals surface area contributed by atoms with Crippen molar-refractivity contribution >= 4 is 35.1 Å². The molecule has 0 unspecified atom stereocenters. The molecule has 0 bridgehead atoms. The van der Waals surface area contributed by atoms with Crippen molar-refractivity contribution in [1.29, 1.82) is 0 Å². The number of allylic oxidation sites excluding steroid dienone is 1. The molecule has 2 nitrogen and oxygen atoms in total. The minimum atomic E-state index is -0.0601. The third-order valence-corrected chi connectivity index (χ3v) is 4.62. The second kappa shape index (κ2) is 7.73. The molecule has 1 aromatic heterocycles. The summed E-state index contributed by atoms with van der Waals surface area (Å²) in [6.07, 6.45) is 4.13. The molecule has 0 saturated carbocycles. The summed E-state index contributed by atoms with van der Waals surface area (Å²) in [5.41, 5.74) is 2.69. The van der Waals surface area contributed by atoms with E-state index in [9.17, 15) is 4.79 Å². The van der Waals surface area contributed by atoms with Crippen LogP contribution in [-0.2, 0) is 6.42 Å². The molecule has 126 valence electrons. The maximum atomic E-state index is 12.2. The Kier molecular flexibility index (Phi) is 5.42. The number of furan rings is 1. The van der Waals surface area contributed by atoms with Gasteiger partial charge in [0.2, 0.25) is 0 Å². The molecule has 0 radical (unpaired) electrons. The quantitative estimate of drug-likeness (QED) is 0.368. The van der Waals surface area contributed by atoms with E-state index in [1.54, 1.807) is 18.2 Å². The first kappa shape index (κ1) is 17.5. The van der Waals surface area contributed by atoms with Crippen LogP contribution in [0.25, 0.3) is 17.4 Å². The topological polar surface area (TPSA) is 30.2 Å². The fraction of sp³-hybridized carbons (Fsp3) is 0.0952. The van der Waals surface area contributed by atoms with Crippen LogP contribution in [0.15, 0.2) is 65.1 Å². The number of hydrogen-bond donors (Lipinski definition) is 0. The lowest BCUT2D eigenvalue weighted by molar-refractivity contribution is 0.104. The number of rotatable bonds is 5. The highest BCUT2D eigenvalue weighted by molar-refractivity contribution is 6.42. The highest BCUT2D eigenvalue weighted by Gasteiger charge is 2.07. The van der Waals surface area contributed by atoms with Crippen LogP contribution in [0, 0.1) is 0 Å². The third kappa shape index (κ3) is 4.22.